The van der Waals surface area contributed by atoms with Crippen LogP contribution in [0.2, 0.25) is 0 Å². The van der Waals surface area contributed by atoms with E-state index in [9.17, 15) is 14.4 Å². The van der Waals surface area contributed by atoms with Crippen LogP contribution in [0, 0.1) is 11.3 Å². The molecule has 0 heterocycles. The van der Waals surface area contributed by atoms with Crippen molar-refractivity contribution in [2.24, 2.45) is 11.3 Å². The van der Waals surface area contributed by atoms with Crippen molar-refractivity contribution >= 4 is 17.7 Å². The van der Waals surface area contributed by atoms with Crippen LogP contribution in [0.4, 0.5) is 0 Å². The smallest absolute Gasteiger partial charge is 0.303 e. The van der Waals surface area contributed by atoms with Crippen molar-refractivity contribution in [2.75, 3.05) is 0 Å². The van der Waals surface area contributed by atoms with Gasteiger partial charge in [-0.25, -0.2) is 0 Å². The molecule has 0 spiro atoms. The summed E-state index contributed by atoms with van der Waals surface area (Å²) in [5, 5.41) is 0. The molecule has 128 valence electrons. The van der Waals surface area contributed by atoms with Crippen molar-refractivity contribution in [1.82, 2.24) is 0 Å². The molecule has 4 saturated carbocycles. The molecule has 0 radical (unpaired) electrons. The molecule has 5 heteroatoms. The fourth-order valence-electron chi connectivity index (χ4n) is 6.01. The fraction of sp³-hybridized carbons (Fsp3) is 0.833. The van der Waals surface area contributed by atoms with Gasteiger partial charge in [-0.15, -0.1) is 0 Å². The fourth-order valence-corrected chi connectivity index (χ4v) is 6.01. The van der Waals surface area contributed by atoms with Gasteiger partial charge in [0.2, 0.25) is 0 Å². The first kappa shape index (κ1) is 16.5. The van der Waals surface area contributed by atoms with Gasteiger partial charge >= 0.3 is 11.9 Å². The molecule has 0 N–H and O–H groups in total. The highest BCUT2D eigenvalue weighted by molar-refractivity contribution is 5.75. The summed E-state index contributed by atoms with van der Waals surface area (Å²) in [5.74, 6) is 0.0408. The van der Waals surface area contributed by atoms with Gasteiger partial charge in [0.1, 0.15) is 17.0 Å². The molecule has 4 fully saturated rings. The Kier molecular flexibility index (Phi) is 3.81. The lowest BCUT2D eigenvalue weighted by molar-refractivity contribution is -0.251. The Bertz CT molecular complexity index is 520. The zero-order valence-electron chi connectivity index (χ0n) is 14.3. The van der Waals surface area contributed by atoms with Crippen molar-refractivity contribution in [3.63, 3.8) is 0 Å². The SMILES string of the molecule is CC(=O)CCC12CC3CC(OC(C)=O)(C1)CC(OC(C)=O)(C3)C2. The van der Waals surface area contributed by atoms with Crippen molar-refractivity contribution in [3.8, 4) is 0 Å². The maximum atomic E-state index is 11.6. The molecule has 0 aliphatic heterocycles. The molecule has 0 aromatic heterocycles. The molecule has 0 aromatic carbocycles. The Hall–Kier alpha value is -1.39. The van der Waals surface area contributed by atoms with Crippen LogP contribution >= 0.6 is 0 Å². The van der Waals surface area contributed by atoms with Crippen LogP contribution in [0.15, 0.2) is 0 Å². The zero-order chi connectivity index (χ0) is 16.9. The predicted octanol–water partition coefficient (Wildman–Crippen LogP) is 2.94. The molecule has 4 rings (SSSR count). The average Bonchev–Trinajstić information content (AvgIpc) is 2.31. The van der Waals surface area contributed by atoms with E-state index in [0.717, 1.165) is 38.5 Å². The third-order valence-electron chi connectivity index (χ3n) is 5.81. The van der Waals surface area contributed by atoms with Crippen LogP contribution in [0.3, 0.4) is 0 Å². The number of carbonyl (C=O) groups is 3. The highest BCUT2D eigenvalue weighted by atomic mass is 16.6. The number of hydrogen-bond acceptors (Lipinski definition) is 5. The largest absolute Gasteiger partial charge is 0.459 e. The minimum Gasteiger partial charge on any atom is -0.459 e. The maximum absolute atomic E-state index is 11.6. The Morgan fingerprint density at radius 2 is 1.39 bits per heavy atom. The van der Waals surface area contributed by atoms with E-state index in [1.165, 1.54) is 13.8 Å². The first-order chi connectivity index (χ1) is 10.7. The summed E-state index contributed by atoms with van der Waals surface area (Å²) >= 11 is 0. The Morgan fingerprint density at radius 1 is 0.870 bits per heavy atom. The number of hydrogen-bond donors (Lipinski definition) is 0. The molecule has 0 saturated heterocycles. The van der Waals surface area contributed by atoms with E-state index in [-0.39, 0.29) is 23.1 Å². The van der Waals surface area contributed by atoms with Crippen LogP contribution in [0.25, 0.3) is 0 Å². The molecule has 0 aromatic rings. The van der Waals surface area contributed by atoms with Crippen molar-refractivity contribution in [3.05, 3.63) is 0 Å². The van der Waals surface area contributed by atoms with Gasteiger partial charge in [0, 0.05) is 26.7 Å². The molecule has 2 atom stereocenters. The molecule has 23 heavy (non-hydrogen) atoms. The molecular formula is C18H26O5. The molecule has 4 bridgehead atoms. The first-order valence-electron chi connectivity index (χ1n) is 8.54. The van der Waals surface area contributed by atoms with Crippen LogP contribution < -0.4 is 0 Å². The number of ketones is 1. The summed E-state index contributed by atoms with van der Waals surface area (Å²) in [5.41, 5.74) is -1.08. The van der Waals surface area contributed by atoms with Gasteiger partial charge in [-0.1, -0.05) is 0 Å². The summed E-state index contributed by atoms with van der Waals surface area (Å²) < 4.78 is 11.5. The van der Waals surface area contributed by atoms with Crippen LogP contribution in [0.1, 0.15) is 72.1 Å². The van der Waals surface area contributed by atoms with Crippen LogP contribution in [-0.4, -0.2) is 28.9 Å². The number of rotatable bonds is 5. The first-order valence-corrected chi connectivity index (χ1v) is 8.54. The van der Waals surface area contributed by atoms with Gasteiger partial charge in [0.25, 0.3) is 0 Å². The topological polar surface area (TPSA) is 69.7 Å². The number of Topliss-reactive ketones (excluding diaryl/α,β-unsaturated/α-hetero) is 1. The normalized spacial score (nSPS) is 40.7. The average molecular weight is 322 g/mol. The zero-order valence-corrected chi connectivity index (χ0v) is 14.3. The van der Waals surface area contributed by atoms with E-state index < -0.39 is 11.2 Å². The summed E-state index contributed by atoms with van der Waals surface area (Å²) in [6.07, 6.45) is 6.31. The maximum Gasteiger partial charge on any atom is 0.303 e. The van der Waals surface area contributed by atoms with E-state index in [1.807, 2.05) is 0 Å². The van der Waals surface area contributed by atoms with Gasteiger partial charge in [0.15, 0.2) is 0 Å². The summed E-state index contributed by atoms with van der Waals surface area (Å²) in [6.45, 7) is 4.50. The minimum absolute atomic E-state index is 0.0456. The van der Waals surface area contributed by atoms with E-state index in [4.69, 9.17) is 9.47 Å². The number of carbonyl (C=O) groups excluding carboxylic acids is 3. The highest BCUT2D eigenvalue weighted by Crippen LogP contribution is 2.66. The monoisotopic (exact) mass is 322 g/mol. The molecule has 4 aliphatic rings. The van der Waals surface area contributed by atoms with Gasteiger partial charge in [-0.05, 0) is 56.8 Å². The lowest BCUT2D eigenvalue weighted by Gasteiger charge is -2.65. The van der Waals surface area contributed by atoms with Gasteiger partial charge in [0.05, 0.1) is 0 Å². The van der Waals surface area contributed by atoms with E-state index in [0.29, 0.717) is 18.8 Å². The third-order valence-corrected chi connectivity index (χ3v) is 5.81. The lowest BCUT2D eigenvalue weighted by Crippen LogP contribution is -2.65. The van der Waals surface area contributed by atoms with Crippen molar-refractivity contribution in [2.45, 2.75) is 83.3 Å². The second kappa shape index (κ2) is 5.32. The summed E-state index contributed by atoms with van der Waals surface area (Å²) in [6, 6.07) is 0. The molecular weight excluding hydrogens is 296 g/mol. The van der Waals surface area contributed by atoms with Crippen molar-refractivity contribution in [1.29, 1.82) is 0 Å². The summed E-state index contributed by atoms with van der Waals surface area (Å²) in [7, 11) is 0. The highest BCUT2D eigenvalue weighted by Gasteiger charge is 2.66. The van der Waals surface area contributed by atoms with E-state index in [2.05, 4.69) is 0 Å². The molecule has 2 unspecified atom stereocenters. The van der Waals surface area contributed by atoms with Crippen LogP contribution in [-0.2, 0) is 23.9 Å². The van der Waals surface area contributed by atoms with Gasteiger partial charge in [-0.2, -0.15) is 0 Å². The third kappa shape index (κ3) is 3.15. The van der Waals surface area contributed by atoms with Crippen molar-refractivity contribution < 1.29 is 23.9 Å². The Labute approximate surface area is 137 Å². The number of ether oxygens (including phenoxy) is 2. The second-order valence-corrected chi connectivity index (χ2v) is 8.26. The van der Waals surface area contributed by atoms with Gasteiger partial charge < -0.3 is 14.3 Å². The quantitative estimate of drug-likeness (QED) is 0.728. The molecule has 5 nitrogen and oxygen atoms in total. The lowest BCUT2D eigenvalue weighted by atomic mass is 9.45. The number of esters is 2. The standard InChI is InChI=1S/C18H26O5/c1-12(19)4-5-16-6-15-7-17(9-16,22-13(2)20)11-18(8-15,10-16)23-14(3)21/h15H,4-11H2,1-3H3. The summed E-state index contributed by atoms with van der Waals surface area (Å²) in [4.78, 5) is 34.8. The van der Waals surface area contributed by atoms with E-state index >= 15 is 0 Å². The molecule has 0 amide bonds. The Morgan fingerprint density at radius 3 is 1.83 bits per heavy atom. The predicted molar refractivity (Wildman–Crippen MR) is 82.5 cm³/mol. The Balaban J connectivity index is 1.92. The van der Waals surface area contributed by atoms with Gasteiger partial charge in [-0.3, -0.25) is 9.59 Å². The van der Waals surface area contributed by atoms with E-state index in [1.54, 1.807) is 6.92 Å². The van der Waals surface area contributed by atoms with Crippen LogP contribution in [0.5, 0.6) is 0 Å². The second-order valence-electron chi connectivity index (χ2n) is 8.26. The molecule has 4 aliphatic carbocycles. The minimum atomic E-state index is -0.516.